The lowest BCUT2D eigenvalue weighted by Crippen LogP contribution is -2.19. The molecule has 0 fully saturated rings. The first-order valence-electron chi connectivity index (χ1n) is 10.3. The molecule has 6 rings (SSSR count). The zero-order valence-corrected chi connectivity index (χ0v) is 18.4. The number of hydrogen-bond acceptors (Lipinski definition) is 5. The maximum absolute atomic E-state index is 5.89. The Bertz CT molecular complexity index is 1170. The summed E-state index contributed by atoms with van der Waals surface area (Å²) >= 11 is 0. The van der Waals surface area contributed by atoms with Crippen LogP contribution in [0.3, 0.4) is 0 Å². The molecule has 31 heavy (non-hydrogen) atoms. The van der Waals surface area contributed by atoms with Crippen LogP contribution in [0.1, 0.15) is 45.2 Å². The third-order valence-corrected chi connectivity index (χ3v) is 6.62. The second-order valence-corrected chi connectivity index (χ2v) is 7.92. The van der Waals surface area contributed by atoms with Gasteiger partial charge in [-0.3, -0.25) is 0 Å². The van der Waals surface area contributed by atoms with Crippen molar-refractivity contribution in [3.8, 4) is 28.7 Å². The molecule has 3 aliphatic rings. The third kappa shape index (κ3) is 2.83. The fraction of sp³-hybridized carbons (Fsp3) is 0.308. The van der Waals surface area contributed by atoms with Crippen LogP contribution in [0, 0.1) is 0 Å². The minimum atomic E-state index is -0.0290. The van der Waals surface area contributed by atoms with Crippen molar-refractivity contribution in [2.24, 2.45) is 0 Å². The summed E-state index contributed by atoms with van der Waals surface area (Å²) in [7, 11) is 8.51. The summed E-state index contributed by atoms with van der Waals surface area (Å²) < 4.78 is 28.6. The maximum Gasteiger partial charge on any atom is 0.127 e. The van der Waals surface area contributed by atoms with Crippen molar-refractivity contribution >= 4 is 0 Å². The van der Waals surface area contributed by atoms with Crippen molar-refractivity contribution in [2.45, 2.75) is 18.3 Å². The highest BCUT2D eigenvalue weighted by atomic mass is 16.5. The molecule has 0 aliphatic heterocycles. The third-order valence-electron chi connectivity index (χ3n) is 6.62. The maximum atomic E-state index is 5.89. The van der Waals surface area contributed by atoms with Gasteiger partial charge in [-0.15, -0.1) is 0 Å². The summed E-state index contributed by atoms with van der Waals surface area (Å²) in [5, 5.41) is 0. The Labute approximate surface area is 182 Å². The number of rotatable bonds is 5. The molecule has 2 bridgehead atoms. The molecule has 2 atom stereocenters. The molecular weight excluding hydrogens is 392 g/mol. The van der Waals surface area contributed by atoms with Crippen LogP contribution in [-0.4, -0.2) is 35.5 Å². The van der Waals surface area contributed by atoms with Gasteiger partial charge in [0.1, 0.15) is 28.7 Å². The molecule has 0 spiro atoms. The van der Waals surface area contributed by atoms with Gasteiger partial charge in [-0.2, -0.15) is 0 Å². The van der Waals surface area contributed by atoms with Gasteiger partial charge in [0.15, 0.2) is 0 Å². The van der Waals surface area contributed by atoms with Crippen molar-refractivity contribution in [1.82, 2.24) is 0 Å². The summed E-state index contributed by atoms with van der Waals surface area (Å²) in [6.07, 6.45) is 0.856. The van der Waals surface area contributed by atoms with Crippen LogP contribution in [0.2, 0.25) is 0 Å². The average molecular weight is 418 g/mol. The number of hydrogen-bond donors (Lipinski definition) is 0. The lowest BCUT2D eigenvalue weighted by Gasteiger charge is -2.34. The first-order chi connectivity index (χ1) is 15.1. The van der Waals surface area contributed by atoms with E-state index < -0.39 is 0 Å². The molecule has 0 heterocycles. The average Bonchev–Trinajstić information content (AvgIpc) is 3.05. The van der Waals surface area contributed by atoms with Crippen molar-refractivity contribution < 1.29 is 23.7 Å². The molecule has 3 aromatic carbocycles. The molecule has 3 aromatic rings. The quantitative estimate of drug-likeness (QED) is 0.589. The van der Waals surface area contributed by atoms with E-state index in [-0.39, 0.29) is 11.8 Å². The molecule has 160 valence electrons. The highest BCUT2D eigenvalue weighted by molar-refractivity contribution is 5.70. The van der Waals surface area contributed by atoms with E-state index in [1.165, 1.54) is 33.4 Å². The molecule has 0 N–H and O–H groups in total. The second kappa shape index (κ2) is 7.41. The highest BCUT2D eigenvalue weighted by Gasteiger charge is 2.42. The van der Waals surface area contributed by atoms with E-state index in [4.69, 9.17) is 23.7 Å². The molecule has 0 amide bonds. The Morgan fingerprint density at radius 1 is 0.581 bits per heavy atom. The van der Waals surface area contributed by atoms with Gasteiger partial charge in [0, 0.05) is 35.1 Å². The molecule has 5 heteroatoms. The van der Waals surface area contributed by atoms with Gasteiger partial charge in [-0.05, 0) is 52.9 Å². The summed E-state index contributed by atoms with van der Waals surface area (Å²) in [4.78, 5) is 0. The van der Waals surface area contributed by atoms with Gasteiger partial charge in [0.2, 0.25) is 0 Å². The molecule has 0 saturated heterocycles. The normalized spacial score (nSPS) is 17.7. The van der Waals surface area contributed by atoms with E-state index in [0.717, 1.165) is 35.2 Å². The minimum Gasteiger partial charge on any atom is -0.497 e. The predicted octanol–water partition coefficient (Wildman–Crippen LogP) is 4.91. The number of ether oxygens (including phenoxy) is 5. The van der Waals surface area contributed by atoms with Crippen LogP contribution in [0.5, 0.6) is 28.7 Å². The van der Waals surface area contributed by atoms with Crippen LogP contribution < -0.4 is 23.7 Å². The smallest absolute Gasteiger partial charge is 0.127 e. The standard InChI is InChI=1S/C26H26O5/c1-27-15-7-6-14-8-19-20-10-16(28-2)13-23(31-5)26(20)25(18(14)9-15)21-11-17(29-3)12-22(30-4)24(19)21/h6-7,9-13,19,25H,8H2,1-5H3. The fourth-order valence-corrected chi connectivity index (χ4v) is 5.25. The van der Waals surface area contributed by atoms with Crippen molar-refractivity contribution in [3.05, 3.63) is 75.8 Å². The molecule has 0 radical (unpaired) electrons. The SMILES string of the molecule is COc1cc(OC)c2c(c1)C1Cc3ccc(OC)cc3C2c2cc(OC)cc(OC)c21. The Hall–Kier alpha value is -3.34. The minimum absolute atomic E-state index is 0.0290. The van der Waals surface area contributed by atoms with Gasteiger partial charge < -0.3 is 23.7 Å². The lowest BCUT2D eigenvalue weighted by molar-refractivity contribution is 0.381. The van der Waals surface area contributed by atoms with Crippen LogP contribution in [0.15, 0.2) is 42.5 Å². The Kier molecular flexibility index (Phi) is 4.69. The van der Waals surface area contributed by atoms with E-state index in [1.54, 1.807) is 35.5 Å². The first-order valence-corrected chi connectivity index (χ1v) is 10.3. The van der Waals surface area contributed by atoms with Crippen molar-refractivity contribution in [2.75, 3.05) is 35.5 Å². The van der Waals surface area contributed by atoms with Crippen LogP contribution >= 0.6 is 0 Å². The van der Waals surface area contributed by atoms with Gasteiger partial charge in [-0.25, -0.2) is 0 Å². The molecule has 2 unspecified atom stereocenters. The van der Waals surface area contributed by atoms with E-state index in [1.807, 2.05) is 18.2 Å². The largest absolute Gasteiger partial charge is 0.497 e. The summed E-state index contributed by atoms with van der Waals surface area (Å²) in [5.41, 5.74) is 7.29. The van der Waals surface area contributed by atoms with Crippen LogP contribution in [0.25, 0.3) is 0 Å². The predicted molar refractivity (Wildman–Crippen MR) is 119 cm³/mol. The number of methoxy groups -OCH3 is 5. The van der Waals surface area contributed by atoms with Gasteiger partial charge >= 0.3 is 0 Å². The second-order valence-electron chi connectivity index (χ2n) is 7.92. The molecule has 0 saturated carbocycles. The zero-order chi connectivity index (χ0) is 21.7. The Morgan fingerprint density at radius 3 is 1.77 bits per heavy atom. The van der Waals surface area contributed by atoms with E-state index in [9.17, 15) is 0 Å². The van der Waals surface area contributed by atoms with Gasteiger partial charge in [0.25, 0.3) is 0 Å². The Morgan fingerprint density at radius 2 is 1.16 bits per heavy atom. The summed E-state index contributed by atoms with van der Waals surface area (Å²) in [5.74, 6) is 4.17. The van der Waals surface area contributed by atoms with E-state index in [0.29, 0.717) is 0 Å². The molecular formula is C26H26O5. The van der Waals surface area contributed by atoms with Crippen LogP contribution in [-0.2, 0) is 6.42 Å². The molecule has 3 aliphatic carbocycles. The van der Waals surface area contributed by atoms with Crippen molar-refractivity contribution in [3.63, 3.8) is 0 Å². The van der Waals surface area contributed by atoms with Crippen LogP contribution in [0.4, 0.5) is 0 Å². The summed E-state index contributed by atoms with van der Waals surface area (Å²) in [6, 6.07) is 14.6. The van der Waals surface area contributed by atoms with E-state index in [2.05, 4.69) is 24.3 Å². The Balaban J connectivity index is 1.90. The molecule has 5 nitrogen and oxygen atoms in total. The first kappa shape index (κ1) is 19.6. The highest BCUT2D eigenvalue weighted by Crippen LogP contribution is 2.58. The monoisotopic (exact) mass is 418 g/mol. The molecule has 0 aromatic heterocycles. The summed E-state index contributed by atoms with van der Waals surface area (Å²) in [6.45, 7) is 0. The zero-order valence-electron chi connectivity index (χ0n) is 18.4. The van der Waals surface area contributed by atoms with E-state index >= 15 is 0 Å². The fourth-order valence-electron chi connectivity index (χ4n) is 5.25. The lowest BCUT2D eigenvalue weighted by atomic mass is 9.71. The van der Waals surface area contributed by atoms with Gasteiger partial charge in [0.05, 0.1) is 35.5 Å². The topological polar surface area (TPSA) is 46.2 Å². The van der Waals surface area contributed by atoms with Crippen molar-refractivity contribution in [1.29, 1.82) is 0 Å². The number of benzene rings is 3. The van der Waals surface area contributed by atoms with Gasteiger partial charge in [-0.1, -0.05) is 6.07 Å².